The number of hydrogen-bond donors (Lipinski definition) is 0. The number of fused-ring (bicyclic) bond motifs is 1. The summed E-state index contributed by atoms with van der Waals surface area (Å²) in [5, 5.41) is 2.22. The fourth-order valence-electron chi connectivity index (χ4n) is 1.30. The Bertz CT molecular complexity index is 437. The van der Waals surface area contributed by atoms with Crippen LogP contribution >= 0.6 is 15.9 Å². The third-order valence-electron chi connectivity index (χ3n) is 1.96. The van der Waals surface area contributed by atoms with Crippen LogP contribution in [0.3, 0.4) is 0 Å². The van der Waals surface area contributed by atoms with Crippen molar-refractivity contribution in [2.24, 2.45) is 0 Å². The lowest BCUT2D eigenvalue weighted by atomic mass is 10.1. The van der Waals surface area contributed by atoms with Gasteiger partial charge in [0.05, 0.1) is 11.6 Å². The maximum absolute atomic E-state index is 5.19. The van der Waals surface area contributed by atoms with E-state index in [-0.39, 0.29) is 0 Å². The monoisotopic (exact) mass is 235 g/mol. The Hall–Kier alpha value is -1.02. The van der Waals surface area contributed by atoms with Crippen molar-refractivity contribution in [1.29, 1.82) is 0 Å². The van der Waals surface area contributed by atoms with Gasteiger partial charge in [0, 0.05) is 5.39 Å². The van der Waals surface area contributed by atoms with Gasteiger partial charge in [-0.1, -0.05) is 18.2 Å². The molecule has 0 fully saturated rings. The molecule has 0 bridgehead atoms. The van der Waals surface area contributed by atoms with Gasteiger partial charge in [0.15, 0.2) is 0 Å². The summed E-state index contributed by atoms with van der Waals surface area (Å²) in [6.07, 6.45) is 0. The maximum Gasteiger partial charge on any atom is 0.133 e. The van der Waals surface area contributed by atoms with Gasteiger partial charge in [0.25, 0.3) is 0 Å². The first kappa shape index (κ1) is 8.57. The molecule has 2 aromatic rings. The zero-order valence-corrected chi connectivity index (χ0v) is 8.76. The quantitative estimate of drug-likeness (QED) is 0.737. The normalized spacial score (nSPS) is 10.3. The van der Waals surface area contributed by atoms with Crippen LogP contribution in [0, 0.1) is 6.07 Å². The number of rotatable bonds is 1. The molecule has 0 heterocycles. The molecule has 13 heavy (non-hydrogen) atoms. The average molecular weight is 236 g/mol. The summed E-state index contributed by atoms with van der Waals surface area (Å²) < 4.78 is 6.18. The second kappa shape index (κ2) is 3.38. The van der Waals surface area contributed by atoms with Gasteiger partial charge >= 0.3 is 0 Å². The Labute approximate surface area is 85.5 Å². The van der Waals surface area contributed by atoms with E-state index in [0.717, 1.165) is 21.0 Å². The predicted molar refractivity (Wildman–Crippen MR) is 57.0 cm³/mol. The Morgan fingerprint density at radius 3 is 2.92 bits per heavy atom. The van der Waals surface area contributed by atoms with Gasteiger partial charge in [-0.05, 0) is 39.5 Å². The smallest absolute Gasteiger partial charge is 0.133 e. The van der Waals surface area contributed by atoms with Crippen LogP contribution in [0.25, 0.3) is 10.8 Å². The molecular weight excluding hydrogens is 228 g/mol. The predicted octanol–water partition coefficient (Wildman–Crippen LogP) is 3.41. The largest absolute Gasteiger partial charge is 0.496 e. The number of benzene rings is 2. The molecule has 0 aromatic heterocycles. The molecule has 2 rings (SSSR count). The average Bonchev–Trinajstić information content (AvgIpc) is 2.19. The van der Waals surface area contributed by atoms with Crippen molar-refractivity contribution in [3.63, 3.8) is 0 Å². The van der Waals surface area contributed by atoms with Crippen LogP contribution in [-0.2, 0) is 0 Å². The summed E-state index contributed by atoms with van der Waals surface area (Å²) in [6.45, 7) is 0. The van der Waals surface area contributed by atoms with E-state index in [1.54, 1.807) is 7.11 Å². The first-order chi connectivity index (χ1) is 6.33. The number of ether oxygens (including phenoxy) is 1. The molecule has 1 radical (unpaired) electrons. The van der Waals surface area contributed by atoms with Crippen molar-refractivity contribution >= 4 is 26.7 Å². The van der Waals surface area contributed by atoms with Crippen molar-refractivity contribution in [3.8, 4) is 5.75 Å². The van der Waals surface area contributed by atoms with Crippen molar-refractivity contribution < 1.29 is 4.74 Å². The summed E-state index contributed by atoms with van der Waals surface area (Å²) in [7, 11) is 1.67. The van der Waals surface area contributed by atoms with E-state index in [0.29, 0.717) is 0 Å². The molecule has 0 saturated carbocycles. The van der Waals surface area contributed by atoms with Gasteiger partial charge in [0.1, 0.15) is 5.75 Å². The lowest BCUT2D eigenvalue weighted by Gasteiger charge is -2.05. The van der Waals surface area contributed by atoms with Crippen molar-refractivity contribution in [1.82, 2.24) is 0 Å². The number of methoxy groups -OCH3 is 1. The van der Waals surface area contributed by atoms with Crippen LogP contribution in [0.4, 0.5) is 0 Å². The second-order valence-electron chi connectivity index (χ2n) is 2.71. The Kier molecular flexibility index (Phi) is 2.23. The van der Waals surface area contributed by atoms with Crippen molar-refractivity contribution in [3.05, 3.63) is 40.9 Å². The van der Waals surface area contributed by atoms with Crippen LogP contribution in [0.5, 0.6) is 5.75 Å². The number of halogens is 1. The van der Waals surface area contributed by atoms with Gasteiger partial charge in [-0.2, -0.15) is 0 Å². The molecule has 1 nitrogen and oxygen atoms in total. The maximum atomic E-state index is 5.19. The van der Waals surface area contributed by atoms with Crippen molar-refractivity contribution in [2.75, 3.05) is 7.11 Å². The second-order valence-corrected chi connectivity index (χ2v) is 3.51. The first-order valence-electron chi connectivity index (χ1n) is 3.96. The lowest BCUT2D eigenvalue weighted by molar-refractivity contribution is 0.413. The Morgan fingerprint density at radius 2 is 2.15 bits per heavy atom. The van der Waals surface area contributed by atoms with Crippen LogP contribution < -0.4 is 4.74 Å². The van der Waals surface area contributed by atoms with Gasteiger partial charge in [-0.25, -0.2) is 0 Å². The molecule has 0 N–H and O–H groups in total. The summed E-state index contributed by atoms with van der Waals surface area (Å²) in [6, 6.07) is 13.0. The third-order valence-corrected chi connectivity index (χ3v) is 2.78. The minimum absolute atomic E-state index is 0.854. The van der Waals surface area contributed by atoms with E-state index in [9.17, 15) is 0 Å². The molecule has 2 heteroatoms. The first-order valence-corrected chi connectivity index (χ1v) is 4.75. The highest BCUT2D eigenvalue weighted by Crippen LogP contribution is 2.32. The zero-order chi connectivity index (χ0) is 9.26. The third kappa shape index (κ3) is 1.42. The van der Waals surface area contributed by atoms with Crippen LogP contribution in [0.15, 0.2) is 34.8 Å². The van der Waals surface area contributed by atoms with Crippen LogP contribution in [0.1, 0.15) is 0 Å². The highest BCUT2D eigenvalue weighted by Gasteiger charge is 2.03. The molecule has 0 aliphatic rings. The summed E-state index contributed by atoms with van der Waals surface area (Å²) >= 11 is 3.50. The fourth-order valence-corrected chi connectivity index (χ4v) is 1.94. The van der Waals surface area contributed by atoms with E-state index in [4.69, 9.17) is 4.74 Å². The van der Waals surface area contributed by atoms with Gasteiger partial charge in [-0.15, -0.1) is 0 Å². The molecule has 2 aromatic carbocycles. The molecule has 0 aliphatic heterocycles. The minimum Gasteiger partial charge on any atom is -0.496 e. The van der Waals surface area contributed by atoms with E-state index in [1.807, 2.05) is 30.3 Å². The van der Waals surface area contributed by atoms with Crippen LogP contribution in [-0.4, -0.2) is 7.11 Å². The Morgan fingerprint density at radius 1 is 1.31 bits per heavy atom. The highest BCUT2D eigenvalue weighted by molar-refractivity contribution is 9.10. The van der Waals surface area contributed by atoms with Gasteiger partial charge < -0.3 is 4.74 Å². The zero-order valence-electron chi connectivity index (χ0n) is 7.17. The standard InChI is InChI=1S/C11H8BrO/c1-13-10-7-6-8-4-2-3-5-9(8)11(10)12/h2-3,5-7H,1H3. The van der Waals surface area contributed by atoms with E-state index < -0.39 is 0 Å². The highest BCUT2D eigenvalue weighted by atomic mass is 79.9. The minimum atomic E-state index is 0.854. The molecular formula is C11H8BrO. The van der Waals surface area contributed by atoms with Crippen LogP contribution in [0.2, 0.25) is 0 Å². The van der Waals surface area contributed by atoms with Crippen molar-refractivity contribution in [2.45, 2.75) is 0 Å². The summed E-state index contributed by atoms with van der Waals surface area (Å²) in [4.78, 5) is 0. The molecule has 0 spiro atoms. The van der Waals surface area contributed by atoms with Gasteiger partial charge in [-0.3, -0.25) is 0 Å². The van der Waals surface area contributed by atoms with E-state index in [1.165, 1.54) is 0 Å². The lowest BCUT2D eigenvalue weighted by Crippen LogP contribution is -1.84. The Balaban J connectivity index is 2.79. The van der Waals surface area contributed by atoms with E-state index in [2.05, 4.69) is 22.0 Å². The van der Waals surface area contributed by atoms with E-state index >= 15 is 0 Å². The molecule has 0 amide bonds. The summed E-state index contributed by atoms with van der Waals surface area (Å²) in [5.41, 5.74) is 0. The molecule has 0 aliphatic carbocycles. The molecule has 0 atom stereocenters. The molecule has 0 saturated heterocycles. The summed E-state index contributed by atoms with van der Waals surface area (Å²) in [5.74, 6) is 0.854. The SMILES string of the molecule is COc1ccc2[c]cccc2c1Br. The number of hydrogen-bond acceptors (Lipinski definition) is 1. The topological polar surface area (TPSA) is 9.23 Å². The van der Waals surface area contributed by atoms with Gasteiger partial charge in [0.2, 0.25) is 0 Å². The molecule has 65 valence electrons. The molecule has 0 unspecified atom stereocenters. The fraction of sp³-hybridized carbons (Fsp3) is 0.0909.